The molecule has 66 valence electrons. The number of benzene rings is 1. The highest BCUT2D eigenvalue weighted by Crippen LogP contribution is 1.98. The Morgan fingerprint density at radius 3 is 2.33 bits per heavy atom. The molecule has 0 aliphatic carbocycles. The SMILES string of the molecule is COCc1ccccc1.NC=O. The summed E-state index contributed by atoms with van der Waals surface area (Å²) in [5, 5.41) is 0. The van der Waals surface area contributed by atoms with Crippen molar-refractivity contribution in [1.29, 1.82) is 0 Å². The Labute approximate surface area is 72.1 Å². The summed E-state index contributed by atoms with van der Waals surface area (Å²) in [4.78, 5) is 8.58. The van der Waals surface area contributed by atoms with Crippen LogP contribution in [0.2, 0.25) is 0 Å². The van der Waals surface area contributed by atoms with Gasteiger partial charge in [-0.2, -0.15) is 0 Å². The van der Waals surface area contributed by atoms with E-state index in [2.05, 4.69) is 5.73 Å². The number of carbonyl (C=O) groups excluding carboxylic acids is 1. The first-order chi connectivity index (χ1) is 5.85. The van der Waals surface area contributed by atoms with Gasteiger partial charge >= 0.3 is 0 Å². The second kappa shape index (κ2) is 7.75. The van der Waals surface area contributed by atoms with Gasteiger partial charge in [-0.1, -0.05) is 30.3 Å². The zero-order chi connectivity index (χ0) is 9.23. The number of ether oxygens (including phenoxy) is 1. The molecule has 0 atom stereocenters. The molecule has 0 fully saturated rings. The molecular formula is C9H13NO2. The summed E-state index contributed by atoms with van der Waals surface area (Å²) in [6.07, 6.45) is 0.250. The third-order valence-electron chi connectivity index (χ3n) is 1.15. The van der Waals surface area contributed by atoms with E-state index in [1.165, 1.54) is 5.56 Å². The van der Waals surface area contributed by atoms with Crippen LogP contribution in [0.4, 0.5) is 0 Å². The van der Waals surface area contributed by atoms with Crippen LogP contribution in [0, 0.1) is 0 Å². The lowest BCUT2D eigenvalue weighted by Crippen LogP contribution is -1.84. The van der Waals surface area contributed by atoms with E-state index in [9.17, 15) is 0 Å². The van der Waals surface area contributed by atoms with Crippen molar-refractivity contribution >= 4 is 6.41 Å². The van der Waals surface area contributed by atoms with Crippen LogP contribution < -0.4 is 5.73 Å². The highest BCUT2D eigenvalue weighted by molar-refractivity contribution is 5.42. The number of amides is 1. The van der Waals surface area contributed by atoms with Crippen molar-refractivity contribution in [3.05, 3.63) is 35.9 Å². The Bertz CT molecular complexity index is 199. The monoisotopic (exact) mass is 167 g/mol. The number of hydrogen-bond donors (Lipinski definition) is 1. The number of primary amides is 1. The molecule has 0 bridgehead atoms. The van der Waals surface area contributed by atoms with Gasteiger partial charge in [-0.25, -0.2) is 0 Å². The van der Waals surface area contributed by atoms with Crippen LogP contribution in [-0.4, -0.2) is 13.5 Å². The summed E-state index contributed by atoms with van der Waals surface area (Å²) < 4.78 is 4.93. The standard InChI is InChI=1S/C8H10O.CH3NO/c1-9-7-8-5-3-2-4-6-8;2-1-3/h2-6H,7H2,1H3;1H,(H2,2,3). The van der Waals surface area contributed by atoms with Gasteiger partial charge in [-0.15, -0.1) is 0 Å². The van der Waals surface area contributed by atoms with Gasteiger partial charge in [0, 0.05) is 7.11 Å². The zero-order valence-electron chi connectivity index (χ0n) is 7.07. The molecule has 3 nitrogen and oxygen atoms in total. The number of hydrogen-bond acceptors (Lipinski definition) is 2. The van der Waals surface area contributed by atoms with Crippen LogP contribution >= 0.6 is 0 Å². The van der Waals surface area contributed by atoms with E-state index in [0.29, 0.717) is 6.61 Å². The molecule has 12 heavy (non-hydrogen) atoms. The lowest BCUT2D eigenvalue weighted by Gasteiger charge is -1.95. The molecule has 0 radical (unpaired) electrons. The average Bonchev–Trinajstić information content (AvgIpc) is 2.08. The number of rotatable bonds is 2. The fraction of sp³-hybridized carbons (Fsp3) is 0.222. The van der Waals surface area contributed by atoms with E-state index in [0.717, 1.165) is 0 Å². The topological polar surface area (TPSA) is 52.3 Å². The van der Waals surface area contributed by atoms with Gasteiger partial charge in [0.05, 0.1) is 6.61 Å². The average molecular weight is 167 g/mol. The fourth-order valence-electron chi connectivity index (χ4n) is 0.741. The van der Waals surface area contributed by atoms with Crippen LogP contribution in [0.25, 0.3) is 0 Å². The highest BCUT2D eigenvalue weighted by Gasteiger charge is 1.84. The van der Waals surface area contributed by atoms with Crippen molar-refractivity contribution in [3.63, 3.8) is 0 Å². The molecule has 3 heteroatoms. The largest absolute Gasteiger partial charge is 0.380 e. The smallest absolute Gasteiger partial charge is 0.204 e. The number of methoxy groups -OCH3 is 1. The summed E-state index contributed by atoms with van der Waals surface area (Å²) in [6, 6.07) is 10.1. The van der Waals surface area contributed by atoms with Gasteiger partial charge in [0.1, 0.15) is 0 Å². The first-order valence-corrected chi connectivity index (χ1v) is 3.53. The maximum absolute atomic E-state index is 8.58. The maximum atomic E-state index is 8.58. The van der Waals surface area contributed by atoms with Gasteiger partial charge in [-0.05, 0) is 5.56 Å². The molecule has 0 aromatic heterocycles. The second-order valence-electron chi connectivity index (χ2n) is 2.05. The van der Waals surface area contributed by atoms with Gasteiger partial charge in [0.25, 0.3) is 0 Å². The first-order valence-electron chi connectivity index (χ1n) is 3.53. The molecule has 0 saturated heterocycles. The van der Waals surface area contributed by atoms with E-state index in [1.54, 1.807) is 7.11 Å². The molecule has 0 aliphatic rings. The maximum Gasteiger partial charge on any atom is 0.204 e. The van der Waals surface area contributed by atoms with Crippen LogP contribution in [0.1, 0.15) is 5.56 Å². The van der Waals surface area contributed by atoms with Crippen molar-refractivity contribution in [2.24, 2.45) is 5.73 Å². The van der Waals surface area contributed by atoms with E-state index < -0.39 is 0 Å². The Morgan fingerprint density at radius 2 is 1.92 bits per heavy atom. The van der Waals surface area contributed by atoms with Crippen LogP contribution in [0.3, 0.4) is 0 Å². The van der Waals surface area contributed by atoms with Crippen molar-refractivity contribution in [1.82, 2.24) is 0 Å². The van der Waals surface area contributed by atoms with E-state index in [4.69, 9.17) is 9.53 Å². The molecule has 0 aliphatic heterocycles. The van der Waals surface area contributed by atoms with Crippen LogP contribution in [0.15, 0.2) is 30.3 Å². The van der Waals surface area contributed by atoms with Gasteiger partial charge < -0.3 is 10.5 Å². The predicted molar refractivity (Wildman–Crippen MR) is 47.4 cm³/mol. The third-order valence-corrected chi connectivity index (χ3v) is 1.15. The molecule has 2 N–H and O–H groups in total. The molecule has 1 rings (SSSR count). The minimum atomic E-state index is 0.250. The number of carbonyl (C=O) groups is 1. The van der Waals surface area contributed by atoms with E-state index in [1.807, 2.05) is 30.3 Å². The Kier molecular flexibility index (Phi) is 6.88. The first kappa shape index (κ1) is 10.7. The summed E-state index contributed by atoms with van der Waals surface area (Å²) in [7, 11) is 1.70. The molecule has 0 heterocycles. The molecule has 1 aromatic carbocycles. The minimum Gasteiger partial charge on any atom is -0.380 e. The lowest BCUT2D eigenvalue weighted by atomic mass is 10.2. The summed E-state index contributed by atoms with van der Waals surface area (Å²) in [6.45, 7) is 0.709. The molecule has 0 spiro atoms. The normalized spacial score (nSPS) is 8.08. The number of nitrogens with two attached hydrogens (primary N) is 1. The summed E-state index contributed by atoms with van der Waals surface area (Å²) in [5.41, 5.74) is 5.39. The lowest BCUT2D eigenvalue weighted by molar-refractivity contribution is -0.106. The molecule has 0 saturated carbocycles. The Balaban J connectivity index is 0.000000354. The molecule has 1 aromatic rings. The zero-order valence-corrected chi connectivity index (χ0v) is 7.07. The summed E-state index contributed by atoms with van der Waals surface area (Å²) >= 11 is 0. The molecule has 0 unspecified atom stereocenters. The van der Waals surface area contributed by atoms with Crippen molar-refractivity contribution in [2.75, 3.05) is 7.11 Å². The predicted octanol–water partition coefficient (Wildman–Crippen LogP) is 0.935. The Hall–Kier alpha value is -1.35. The minimum absolute atomic E-state index is 0.250. The summed E-state index contributed by atoms with van der Waals surface area (Å²) in [5.74, 6) is 0. The van der Waals surface area contributed by atoms with Crippen LogP contribution in [-0.2, 0) is 16.1 Å². The second-order valence-corrected chi connectivity index (χ2v) is 2.05. The quantitative estimate of drug-likeness (QED) is 0.666. The fourth-order valence-corrected chi connectivity index (χ4v) is 0.741. The third kappa shape index (κ3) is 5.44. The van der Waals surface area contributed by atoms with Crippen molar-refractivity contribution < 1.29 is 9.53 Å². The molecule has 1 amide bonds. The van der Waals surface area contributed by atoms with Gasteiger partial charge in [0.2, 0.25) is 6.41 Å². The Morgan fingerprint density at radius 1 is 1.42 bits per heavy atom. The van der Waals surface area contributed by atoms with E-state index in [-0.39, 0.29) is 6.41 Å². The molecular weight excluding hydrogens is 154 g/mol. The van der Waals surface area contributed by atoms with Crippen molar-refractivity contribution in [2.45, 2.75) is 6.61 Å². The van der Waals surface area contributed by atoms with Crippen LogP contribution in [0.5, 0.6) is 0 Å². The van der Waals surface area contributed by atoms with Gasteiger partial charge in [-0.3, -0.25) is 4.79 Å². The van der Waals surface area contributed by atoms with E-state index >= 15 is 0 Å². The van der Waals surface area contributed by atoms with Gasteiger partial charge in [0.15, 0.2) is 0 Å². The highest BCUT2D eigenvalue weighted by atomic mass is 16.5. The van der Waals surface area contributed by atoms with Crippen molar-refractivity contribution in [3.8, 4) is 0 Å².